The molecule has 1 aromatic heterocycles. The van der Waals surface area contributed by atoms with Crippen LogP contribution in [0, 0.1) is 0 Å². The van der Waals surface area contributed by atoms with E-state index in [0.29, 0.717) is 29.0 Å². The van der Waals surface area contributed by atoms with E-state index in [9.17, 15) is 0 Å². The number of ether oxygens (including phenoxy) is 4. The molecule has 0 radical (unpaired) electrons. The highest BCUT2D eigenvalue weighted by Crippen LogP contribution is 2.61. The highest BCUT2D eigenvalue weighted by Gasteiger charge is 2.48. The fourth-order valence-electron chi connectivity index (χ4n) is 8.70. The van der Waals surface area contributed by atoms with Crippen LogP contribution in [-0.2, 0) is 11.0 Å². The first kappa shape index (κ1) is 34.3. The smallest absolute Gasteiger partial charge is 0.212 e. The third kappa shape index (κ3) is 5.21. The Morgan fingerprint density at radius 3 is 1.78 bits per heavy atom. The Bertz CT molecular complexity index is 2540. The number of rotatable bonds is 9. The number of benzene rings is 6. The average molecular weight is 724 g/mol. The summed E-state index contributed by atoms with van der Waals surface area (Å²) in [5, 5.41) is 1.94. The van der Waals surface area contributed by atoms with Crippen LogP contribution in [0.3, 0.4) is 0 Å². The van der Waals surface area contributed by atoms with Crippen molar-refractivity contribution in [3.8, 4) is 56.9 Å². The van der Waals surface area contributed by atoms with Crippen LogP contribution < -0.4 is 18.9 Å². The van der Waals surface area contributed by atoms with Gasteiger partial charge < -0.3 is 18.9 Å². The summed E-state index contributed by atoms with van der Waals surface area (Å²) in [6.45, 7) is 4.58. The van der Waals surface area contributed by atoms with Gasteiger partial charge in [0.1, 0.15) is 11.5 Å². The predicted molar refractivity (Wildman–Crippen MR) is 218 cm³/mol. The van der Waals surface area contributed by atoms with Gasteiger partial charge in [0, 0.05) is 33.1 Å². The SMILES string of the molecule is CCC1(CC)c2ccccc2-c2c1c1c(c3cc(OC)c(OC)cc23)OC(c2ccc(OC)cc2)(c2nc(-c3ccccc3)nc(-c3ccccc3)n2)C=C1. The molecule has 0 saturated carbocycles. The van der Waals surface area contributed by atoms with Gasteiger partial charge in [0.15, 0.2) is 29.0 Å². The van der Waals surface area contributed by atoms with Crippen molar-refractivity contribution in [2.24, 2.45) is 0 Å². The molecule has 0 N–H and O–H groups in total. The third-order valence-electron chi connectivity index (χ3n) is 11.5. The van der Waals surface area contributed by atoms with E-state index in [2.05, 4.69) is 56.3 Å². The van der Waals surface area contributed by atoms with Gasteiger partial charge in [-0.3, -0.25) is 0 Å². The minimum absolute atomic E-state index is 0.237. The number of methoxy groups -OCH3 is 3. The van der Waals surface area contributed by atoms with Crippen molar-refractivity contribution in [2.75, 3.05) is 21.3 Å². The zero-order valence-electron chi connectivity index (χ0n) is 31.6. The fourth-order valence-corrected chi connectivity index (χ4v) is 8.70. The lowest BCUT2D eigenvalue weighted by atomic mass is 9.71. The molecule has 1 aliphatic carbocycles. The second kappa shape index (κ2) is 13.4. The van der Waals surface area contributed by atoms with E-state index in [4.69, 9.17) is 33.9 Å². The van der Waals surface area contributed by atoms with Gasteiger partial charge in [0.05, 0.1) is 21.3 Å². The van der Waals surface area contributed by atoms with E-state index in [1.807, 2.05) is 91.0 Å². The summed E-state index contributed by atoms with van der Waals surface area (Å²) in [6.07, 6.45) is 6.20. The summed E-state index contributed by atoms with van der Waals surface area (Å²) in [6, 6.07) is 41.0. The summed E-state index contributed by atoms with van der Waals surface area (Å²) >= 11 is 0. The van der Waals surface area contributed by atoms with Gasteiger partial charge >= 0.3 is 0 Å². The quantitative estimate of drug-likeness (QED) is 0.147. The molecule has 2 aliphatic rings. The molecule has 55 heavy (non-hydrogen) atoms. The molecule has 0 fully saturated rings. The van der Waals surface area contributed by atoms with Crippen LogP contribution in [0.5, 0.6) is 23.0 Å². The van der Waals surface area contributed by atoms with Gasteiger partial charge in [0.2, 0.25) is 5.60 Å². The summed E-state index contributed by atoms with van der Waals surface area (Å²) < 4.78 is 25.1. The number of nitrogens with zero attached hydrogens (tertiary/aromatic N) is 3. The van der Waals surface area contributed by atoms with Crippen LogP contribution in [0.15, 0.2) is 127 Å². The molecule has 0 amide bonds. The maximum Gasteiger partial charge on any atom is 0.212 e. The molecular formula is C48H41N3O4. The monoisotopic (exact) mass is 723 g/mol. The molecule has 0 saturated heterocycles. The number of hydrogen-bond donors (Lipinski definition) is 0. The Kier molecular flexibility index (Phi) is 8.38. The van der Waals surface area contributed by atoms with Crippen LogP contribution in [0.2, 0.25) is 0 Å². The van der Waals surface area contributed by atoms with E-state index in [1.54, 1.807) is 21.3 Å². The van der Waals surface area contributed by atoms with Gasteiger partial charge in [-0.05, 0) is 70.8 Å². The summed E-state index contributed by atoms with van der Waals surface area (Å²) in [5.74, 6) is 4.31. The Hall–Kier alpha value is -6.47. The van der Waals surface area contributed by atoms with Crippen LogP contribution in [0.1, 0.15) is 54.8 Å². The molecule has 0 bridgehead atoms. The van der Waals surface area contributed by atoms with Crippen molar-refractivity contribution in [1.29, 1.82) is 0 Å². The van der Waals surface area contributed by atoms with Gasteiger partial charge in [-0.25, -0.2) is 15.0 Å². The molecule has 1 aliphatic heterocycles. The van der Waals surface area contributed by atoms with Crippen molar-refractivity contribution in [2.45, 2.75) is 37.7 Å². The largest absolute Gasteiger partial charge is 0.497 e. The summed E-state index contributed by atoms with van der Waals surface area (Å²) in [7, 11) is 5.02. The van der Waals surface area contributed by atoms with E-state index < -0.39 is 5.60 Å². The number of aromatic nitrogens is 3. The highest BCUT2D eigenvalue weighted by atomic mass is 16.5. The third-order valence-corrected chi connectivity index (χ3v) is 11.5. The lowest BCUT2D eigenvalue weighted by Gasteiger charge is -2.38. The van der Waals surface area contributed by atoms with Crippen LogP contribution in [0.4, 0.5) is 0 Å². The predicted octanol–water partition coefficient (Wildman–Crippen LogP) is 10.8. The molecule has 7 aromatic rings. The second-order valence-corrected chi connectivity index (χ2v) is 14.0. The molecule has 272 valence electrons. The van der Waals surface area contributed by atoms with E-state index in [0.717, 1.165) is 57.4 Å². The van der Waals surface area contributed by atoms with Gasteiger partial charge in [-0.1, -0.05) is 117 Å². The number of hydrogen-bond acceptors (Lipinski definition) is 7. The second-order valence-electron chi connectivity index (χ2n) is 14.0. The minimum Gasteiger partial charge on any atom is -0.497 e. The molecule has 9 rings (SSSR count). The van der Waals surface area contributed by atoms with Crippen molar-refractivity contribution >= 4 is 16.8 Å². The molecule has 0 spiro atoms. The molecule has 1 atom stereocenters. The maximum atomic E-state index is 7.66. The Morgan fingerprint density at radius 2 is 1.20 bits per heavy atom. The van der Waals surface area contributed by atoms with E-state index >= 15 is 0 Å². The fraction of sp³-hybridized carbons (Fsp3) is 0.188. The Balaban J connectivity index is 1.39. The van der Waals surface area contributed by atoms with Crippen molar-refractivity contribution in [1.82, 2.24) is 15.0 Å². The van der Waals surface area contributed by atoms with E-state index in [-0.39, 0.29) is 5.41 Å². The Morgan fingerprint density at radius 1 is 0.618 bits per heavy atom. The van der Waals surface area contributed by atoms with Gasteiger partial charge in [-0.2, -0.15) is 0 Å². The molecule has 7 nitrogen and oxygen atoms in total. The van der Waals surface area contributed by atoms with Crippen molar-refractivity contribution in [3.63, 3.8) is 0 Å². The lowest BCUT2D eigenvalue weighted by molar-refractivity contribution is 0.152. The first-order chi connectivity index (χ1) is 27.0. The van der Waals surface area contributed by atoms with Crippen LogP contribution in [0.25, 0.3) is 50.8 Å². The molecular weight excluding hydrogens is 683 g/mol. The summed E-state index contributed by atoms with van der Waals surface area (Å²) in [4.78, 5) is 15.5. The first-order valence-electron chi connectivity index (χ1n) is 18.7. The molecule has 6 aromatic carbocycles. The first-order valence-corrected chi connectivity index (χ1v) is 18.7. The standard InChI is InChI=1S/C48H41N3O4/c1-6-47(7-2)38-21-15-14-20-34(38)41-36-28-39(53-4)40(54-5)29-37(36)43-35(42(41)47)26-27-48(55-43,32-22-24-33(52-3)25-23-32)46-50-44(30-16-10-8-11-17-30)49-45(51-46)31-18-12-9-13-19-31/h8-29H,6-7H2,1-5H3. The number of fused-ring (bicyclic) bond motifs is 8. The Labute approximate surface area is 321 Å². The zero-order chi connectivity index (χ0) is 37.7. The normalized spacial score (nSPS) is 16.2. The van der Waals surface area contributed by atoms with Gasteiger partial charge in [-0.15, -0.1) is 0 Å². The van der Waals surface area contributed by atoms with Crippen LogP contribution >= 0.6 is 0 Å². The minimum atomic E-state index is -1.27. The topological polar surface area (TPSA) is 75.6 Å². The van der Waals surface area contributed by atoms with Crippen molar-refractivity contribution in [3.05, 3.63) is 155 Å². The molecule has 1 unspecified atom stereocenters. The molecule has 7 heteroatoms. The summed E-state index contributed by atoms with van der Waals surface area (Å²) in [5.41, 5.74) is 7.17. The van der Waals surface area contributed by atoms with Gasteiger partial charge in [0.25, 0.3) is 0 Å². The van der Waals surface area contributed by atoms with E-state index in [1.165, 1.54) is 22.3 Å². The maximum absolute atomic E-state index is 7.66. The lowest BCUT2D eigenvalue weighted by Crippen LogP contribution is -2.37. The average Bonchev–Trinajstić information content (AvgIpc) is 3.57. The highest BCUT2D eigenvalue weighted by molar-refractivity contribution is 6.09. The van der Waals surface area contributed by atoms with Crippen molar-refractivity contribution < 1.29 is 18.9 Å². The molecule has 2 heterocycles. The zero-order valence-corrected chi connectivity index (χ0v) is 31.6. The van der Waals surface area contributed by atoms with Crippen LogP contribution in [-0.4, -0.2) is 36.3 Å².